The maximum absolute atomic E-state index is 12.5. The fraction of sp³-hybridized carbons (Fsp3) is 0.105. The van der Waals surface area contributed by atoms with Gasteiger partial charge in [0.05, 0.1) is 10.7 Å². The normalized spacial score (nSPS) is 10.4. The summed E-state index contributed by atoms with van der Waals surface area (Å²) in [5.41, 5.74) is 2.84. The summed E-state index contributed by atoms with van der Waals surface area (Å²) in [6, 6.07) is 16.6. The number of carbonyl (C=O) groups excluding carboxylic acids is 1. The number of hydrogen-bond donors (Lipinski definition) is 2. The lowest BCUT2D eigenvalue weighted by Crippen LogP contribution is -2.15. The molecule has 1 heterocycles. The van der Waals surface area contributed by atoms with Crippen LogP contribution < -0.4 is 10.6 Å². The van der Waals surface area contributed by atoms with Crippen molar-refractivity contribution in [3.05, 3.63) is 76.7 Å². The zero-order valence-corrected chi connectivity index (χ0v) is 14.6. The highest BCUT2D eigenvalue weighted by molar-refractivity contribution is 6.33. The Bertz CT molecular complexity index is 927. The summed E-state index contributed by atoms with van der Waals surface area (Å²) in [6.45, 7) is 3.76. The molecule has 3 rings (SSSR count). The number of halogens is 1. The minimum absolute atomic E-state index is 0.266. The van der Waals surface area contributed by atoms with E-state index in [0.29, 0.717) is 22.4 Å². The average molecular weight is 353 g/mol. The molecule has 1 aromatic heterocycles. The van der Waals surface area contributed by atoms with E-state index in [1.165, 1.54) is 0 Å². The Hall–Kier alpha value is -2.92. The molecular weight excluding hydrogens is 336 g/mol. The van der Waals surface area contributed by atoms with Crippen LogP contribution in [0.15, 0.2) is 54.6 Å². The highest BCUT2D eigenvalue weighted by atomic mass is 35.5. The first-order valence-electron chi connectivity index (χ1n) is 7.76. The number of nitrogens with zero attached hydrogens (tertiary/aromatic N) is 2. The van der Waals surface area contributed by atoms with Crippen molar-refractivity contribution in [3.63, 3.8) is 0 Å². The van der Waals surface area contributed by atoms with Crippen LogP contribution >= 0.6 is 11.6 Å². The molecule has 0 aliphatic heterocycles. The molecule has 0 radical (unpaired) electrons. The van der Waals surface area contributed by atoms with Crippen LogP contribution in [0.5, 0.6) is 0 Å². The quantitative estimate of drug-likeness (QED) is 0.711. The molecule has 1 amide bonds. The van der Waals surface area contributed by atoms with Gasteiger partial charge in [-0.1, -0.05) is 35.9 Å². The van der Waals surface area contributed by atoms with E-state index in [-0.39, 0.29) is 11.6 Å². The first-order valence-corrected chi connectivity index (χ1v) is 8.14. The van der Waals surface area contributed by atoms with Crippen LogP contribution in [-0.4, -0.2) is 15.9 Å². The molecule has 2 N–H and O–H groups in total. The first-order chi connectivity index (χ1) is 12.0. The molecule has 3 aromatic rings. The third-order valence-corrected chi connectivity index (χ3v) is 3.81. The van der Waals surface area contributed by atoms with Crippen molar-refractivity contribution < 1.29 is 4.79 Å². The van der Waals surface area contributed by atoms with Crippen molar-refractivity contribution in [2.45, 2.75) is 13.8 Å². The number of aromatic nitrogens is 2. The van der Waals surface area contributed by atoms with Gasteiger partial charge in [-0.25, -0.2) is 9.97 Å². The topological polar surface area (TPSA) is 66.9 Å². The van der Waals surface area contributed by atoms with Gasteiger partial charge in [-0.15, -0.1) is 0 Å². The van der Waals surface area contributed by atoms with Gasteiger partial charge >= 0.3 is 0 Å². The molecule has 0 fully saturated rings. The molecule has 0 bridgehead atoms. The summed E-state index contributed by atoms with van der Waals surface area (Å²) in [5, 5.41) is 6.44. The van der Waals surface area contributed by atoms with Crippen molar-refractivity contribution in [2.24, 2.45) is 0 Å². The predicted octanol–water partition coefficient (Wildman–Crippen LogP) is 4.74. The van der Waals surface area contributed by atoms with Gasteiger partial charge in [-0.05, 0) is 43.7 Å². The second kappa shape index (κ2) is 7.32. The van der Waals surface area contributed by atoms with E-state index in [2.05, 4.69) is 20.6 Å². The van der Waals surface area contributed by atoms with Crippen molar-refractivity contribution >= 4 is 34.7 Å². The fourth-order valence-corrected chi connectivity index (χ4v) is 2.55. The summed E-state index contributed by atoms with van der Waals surface area (Å²) >= 11 is 6.08. The van der Waals surface area contributed by atoms with Gasteiger partial charge < -0.3 is 10.6 Å². The lowest BCUT2D eigenvalue weighted by atomic mass is 10.2. The molecule has 0 aliphatic rings. The number of benzene rings is 2. The number of aryl methyl sites for hydroxylation is 2. The molecule has 25 heavy (non-hydrogen) atoms. The van der Waals surface area contributed by atoms with E-state index in [0.717, 1.165) is 11.3 Å². The molecule has 0 spiro atoms. The molecule has 0 saturated heterocycles. The van der Waals surface area contributed by atoms with Crippen LogP contribution in [-0.2, 0) is 0 Å². The number of para-hydroxylation sites is 1. The van der Waals surface area contributed by atoms with E-state index in [1.54, 1.807) is 37.3 Å². The van der Waals surface area contributed by atoms with Gasteiger partial charge in [0.25, 0.3) is 5.91 Å². The van der Waals surface area contributed by atoms with Crippen molar-refractivity contribution in [3.8, 4) is 0 Å². The summed E-state index contributed by atoms with van der Waals surface area (Å²) in [6.07, 6.45) is 0. The zero-order valence-electron chi connectivity index (χ0n) is 13.9. The van der Waals surface area contributed by atoms with E-state index < -0.39 is 0 Å². The monoisotopic (exact) mass is 352 g/mol. The molecule has 0 aliphatic carbocycles. The number of amides is 1. The summed E-state index contributed by atoms with van der Waals surface area (Å²) < 4.78 is 0. The smallest absolute Gasteiger partial charge is 0.274 e. The Balaban J connectivity index is 1.83. The predicted molar refractivity (Wildman–Crippen MR) is 101 cm³/mol. The standard InChI is InChI=1S/C19H17ClN4O/c1-12-6-5-7-14(10-12)23-18-11-17(21-13(2)22-18)19(25)24-16-9-4-3-8-15(16)20/h3-11H,1-2H3,(H,24,25)(H,21,22,23). The second-order valence-corrected chi connectivity index (χ2v) is 6.02. The summed E-state index contributed by atoms with van der Waals surface area (Å²) in [7, 11) is 0. The van der Waals surface area contributed by atoms with E-state index >= 15 is 0 Å². The van der Waals surface area contributed by atoms with Gasteiger partial charge in [-0.2, -0.15) is 0 Å². The first kappa shape index (κ1) is 16.9. The van der Waals surface area contributed by atoms with Gasteiger partial charge in [-0.3, -0.25) is 4.79 Å². The average Bonchev–Trinajstić information content (AvgIpc) is 2.56. The Morgan fingerprint density at radius 3 is 2.56 bits per heavy atom. The zero-order chi connectivity index (χ0) is 17.8. The Morgan fingerprint density at radius 1 is 1.00 bits per heavy atom. The summed E-state index contributed by atoms with van der Waals surface area (Å²) in [4.78, 5) is 21.0. The maximum atomic E-state index is 12.5. The van der Waals surface area contributed by atoms with E-state index in [9.17, 15) is 4.79 Å². The second-order valence-electron chi connectivity index (χ2n) is 5.61. The Labute approximate surface area is 151 Å². The number of carbonyl (C=O) groups is 1. The molecule has 126 valence electrons. The number of hydrogen-bond acceptors (Lipinski definition) is 4. The highest BCUT2D eigenvalue weighted by Gasteiger charge is 2.12. The van der Waals surface area contributed by atoms with Crippen molar-refractivity contribution in [1.29, 1.82) is 0 Å². The van der Waals surface area contributed by atoms with Gasteiger partial charge in [0.1, 0.15) is 17.3 Å². The molecule has 5 nitrogen and oxygen atoms in total. The van der Waals surface area contributed by atoms with Crippen LogP contribution in [0.3, 0.4) is 0 Å². The van der Waals surface area contributed by atoms with Gasteiger partial charge in [0, 0.05) is 11.8 Å². The highest BCUT2D eigenvalue weighted by Crippen LogP contribution is 2.22. The van der Waals surface area contributed by atoms with Crippen LogP contribution in [0.4, 0.5) is 17.2 Å². The molecule has 0 unspecified atom stereocenters. The summed E-state index contributed by atoms with van der Waals surface area (Å²) in [5.74, 6) is 0.718. The van der Waals surface area contributed by atoms with Crippen molar-refractivity contribution in [2.75, 3.05) is 10.6 Å². The van der Waals surface area contributed by atoms with Crippen molar-refractivity contribution in [1.82, 2.24) is 9.97 Å². The fourth-order valence-electron chi connectivity index (χ4n) is 2.37. The van der Waals surface area contributed by atoms with Crippen LogP contribution in [0, 0.1) is 13.8 Å². The number of nitrogens with one attached hydrogen (secondary N) is 2. The molecular formula is C19H17ClN4O. The van der Waals surface area contributed by atoms with E-state index in [1.807, 2.05) is 31.2 Å². The van der Waals surface area contributed by atoms with Gasteiger partial charge in [0.2, 0.25) is 0 Å². The largest absolute Gasteiger partial charge is 0.340 e. The van der Waals surface area contributed by atoms with Crippen LogP contribution in [0.25, 0.3) is 0 Å². The molecule has 0 saturated carbocycles. The SMILES string of the molecule is Cc1cccc(Nc2cc(C(=O)Nc3ccccc3Cl)nc(C)n2)c1. The maximum Gasteiger partial charge on any atom is 0.274 e. The minimum atomic E-state index is -0.342. The molecule has 6 heteroatoms. The lowest BCUT2D eigenvalue weighted by molar-refractivity contribution is 0.102. The minimum Gasteiger partial charge on any atom is -0.340 e. The number of anilines is 3. The van der Waals surface area contributed by atoms with Gasteiger partial charge in [0.15, 0.2) is 0 Å². The van der Waals surface area contributed by atoms with E-state index in [4.69, 9.17) is 11.6 Å². The lowest BCUT2D eigenvalue weighted by Gasteiger charge is -2.10. The van der Waals surface area contributed by atoms with Crippen LogP contribution in [0.2, 0.25) is 5.02 Å². The Kier molecular flexibility index (Phi) is 4.95. The molecule has 0 atom stereocenters. The molecule has 2 aromatic carbocycles. The Morgan fingerprint density at radius 2 is 1.80 bits per heavy atom. The van der Waals surface area contributed by atoms with Crippen LogP contribution in [0.1, 0.15) is 21.9 Å². The third kappa shape index (κ3) is 4.33. The number of rotatable bonds is 4. The third-order valence-electron chi connectivity index (χ3n) is 3.48.